The van der Waals surface area contributed by atoms with Gasteiger partial charge in [-0.2, -0.15) is 0 Å². The van der Waals surface area contributed by atoms with Gasteiger partial charge in [0.25, 0.3) is 5.91 Å². The summed E-state index contributed by atoms with van der Waals surface area (Å²) in [4.78, 5) is 12.2. The Balaban J connectivity index is 0.00000200. The van der Waals surface area contributed by atoms with Crippen LogP contribution in [0.15, 0.2) is 18.2 Å². The number of anilines is 1. The summed E-state index contributed by atoms with van der Waals surface area (Å²) < 4.78 is 23.0. The number of halogens is 1. The monoisotopic (exact) mass is 318 g/mol. The Morgan fingerprint density at radius 1 is 1.40 bits per heavy atom. The van der Waals surface area contributed by atoms with Crippen molar-refractivity contribution in [2.75, 3.05) is 17.2 Å². The summed E-state index contributed by atoms with van der Waals surface area (Å²) in [5.41, 5.74) is 6.81. The number of aryl methyl sites for hydroxylation is 1. The summed E-state index contributed by atoms with van der Waals surface area (Å²) in [6, 6.07) is 5.11. The maximum Gasteiger partial charge on any atom is 0.252 e. The molecule has 0 radical (unpaired) electrons. The van der Waals surface area contributed by atoms with Crippen molar-refractivity contribution < 1.29 is 13.2 Å². The van der Waals surface area contributed by atoms with Crippen molar-refractivity contribution in [2.45, 2.75) is 25.8 Å². The maximum atomic E-state index is 12.2. The summed E-state index contributed by atoms with van der Waals surface area (Å²) in [5.74, 6) is -0.156. The normalized spacial score (nSPS) is 23.9. The minimum absolute atomic E-state index is 0. The Bertz CT molecular complexity index is 631. The van der Waals surface area contributed by atoms with E-state index in [1.165, 1.54) is 0 Å². The lowest BCUT2D eigenvalue weighted by Gasteiger charge is -2.24. The smallest absolute Gasteiger partial charge is 0.252 e. The highest BCUT2D eigenvalue weighted by Crippen LogP contribution is 2.24. The topological polar surface area (TPSA) is 89.3 Å². The minimum atomic E-state index is -3.04. The van der Waals surface area contributed by atoms with Crippen LogP contribution in [-0.4, -0.2) is 31.4 Å². The van der Waals surface area contributed by atoms with Crippen molar-refractivity contribution in [3.63, 3.8) is 0 Å². The first-order valence-corrected chi connectivity index (χ1v) is 7.92. The third-order valence-electron chi connectivity index (χ3n) is 3.42. The molecule has 1 saturated heterocycles. The van der Waals surface area contributed by atoms with Gasteiger partial charge in [0.15, 0.2) is 9.84 Å². The number of carbonyl (C=O) groups is 1. The molecular formula is C13H19ClN2O3S. The fourth-order valence-electron chi connectivity index (χ4n) is 2.33. The molecule has 1 aliphatic rings. The Morgan fingerprint density at radius 3 is 2.60 bits per heavy atom. The van der Waals surface area contributed by atoms with Gasteiger partial charge in [-0.15, -0.1) is 12.4 Å². The van der Waals surface area contributed by atoms with Crippen LogP contribution >= 0.6 is 12.4 Å². The molecule has 5 nitrogen and oxygen atoms in total. The zero-order chi connectivity index (χ0) is 14.3. The first-order valence-electron chi connectivity index (χ1n) is 6.10. The van der Waals surface area contributed by atoms with Crippen LogP contribution in [0.25, 0.3) is 0 Å². The molecule has 0 aromatic heterocycles. The molecule has 0 bridgehead atoms. The molecule has 1 amide bonds. The third kappa shape index (κ3) is 3.64. The number of hydrogen-bond donors (Lipinski definition) is 2. The Kier molecular flexibility index (Phi) is 4.71. The summed E-state index contributed by atoms with van der Waals surface area (Å²) in [7, 11) is -3.04. The van der Waals surface area contributed by atoms with E-state index in [1.807, 2.05) is 6.92 Å². The first-order chi connectivity index (χ1) is 8.71. The molecule has 1 aromatic carbocycles. The number of carbonyl (C=O) groups excluding carboxylic acids is 1. The Hall–Kier alpha value is -1.27. The standard InChI is InChI=1S/C13H18N2O3S.ClH/c1-9-3-4-10(14)7-11(9)12(16)15-13(2)5-6-19(17,18)8-13;/h3-4,7H,5-6,8,14H2,1-2H3,(H,15,16);1H. The van der Waals surface area contributed by atoms with E-state index in [0.29, 0.717) is 17.7 Å². The van der Waals surface area contributed by atoms with Crippen molar-refractivity contribution >= 4 is 33.8 Å². The molecule has 0 spiro atoms. The second kappa shape index (κ2) is 5.61. The highest BCUT2D eigenvalue weighted by atomic mass is 35.5. The lowest BCUT2D eigenvalue weighted by Crippen LogP contribution is -2.47. The van der Waals surface area contributed by atoms with Crippen LogP contribution in [0.2, 0.25) is 0 Å². The lowest BCUT2D eigenvalue weighted by atomic mass is 10.00. The summed E-state index contributed by atoms with van der Waals surface area (Å²) in [5, 5.41) is 2.82. The molecule has 0 aliphatic carbocycles. The van der Waals surface area contributed by atoms with Crippen molar-refractivity contribution in [3.05, 3.63) is 29.3 Å². The molecule has 1 unspecified atom stereocenters. The minimum Gasteiger partial charge on any atom is -0.399 e. The van der Waals surface area contributed by atoms with E-state index in [2.05, 4.69) is 5.32 Å². The Morgan fingerprint density at radius 2 is 2.05 bits per heavy atom. The molecule has 1 aromatic rings. The van der Waals surface area contributed by atoms with E-state index < -0.39 is 15.4 Å². The second-order valence-electron chi connectivity index (χ2n) is 5.43. The van der Waals surface area contributed by atoms with Gasteiger partial charge in [0.1, 0.15) is 0 Å². The molecule has 20 heavy (non-hydrogen) atoms. The van der Waals surface area contributed by atoms with Gasteiger partial charge in [-0.05, 0) is 38.0 Å². The number of nitrogens with two attached hydrogens (primary N) is 1. The lowest BCUT2D eigenvalue weighted by molar-refractivity contribution is 0.0915. The first kappa shape index (κ1) is 16.8. The number of amides is 1. The average molecular weight is 319 g/mol. The number of nitrogens with one attached hydrogen (secondary N) is 1. The van der Waals surface area contributed by atoms with Gasteiger partial charge in [-0.1, -0.05) is 6.07 Å². The average Bonchev–Trinajstić information content (AvgIpc) is 2.56. The quantitative estimate of drug-likeness (QED) is 0.804. The van der Waals surface area contributed by atoms with Crippen LogP contribution in [0.5, 0.6) is 0 Å². The molecule has 7 heteroatoms. The van der Waals surface area contributed by atoms with Crippen LogP contribution in [0, 0.1) is 6.92 Å². The van der Waals surface area contributed by atoms with Gasteiger partial charge in [-0.25, -0.2) is 8.42 Å². The number of benzene rings is 1. The highest BCUT2D eigenvalue weighted by molar-refractivity contribution is 7.91. The highest BCUT2D eigenvalue weighted by Gasteiger charge is 2.39. The van der Waals surface area contributed by atoms with E-state index in [1.54, 1.807) is 25.1 Å². The number of nitrogen functional groups attached to an aromatic ring is 1. The van der Waals surface area contributed by atoms with Crippen LogP contribution in [-0.2, 0) is 9.84 Å². The van der Waals surface area contributed by atoms with Gasteiger partial charge in [0.2, 0.25) is 0 Å². The zero-order valence-corrected chi connectivity index (χ0v) is 13.1. The molecule has 2 rings (SSSR count). The van der Waals surface area contributed by atoms with Gasteiger partial charge < -0.3 is 11.1 Å². The fraction of sp³-hybridized carbons (Fsp3) is 0.462. The summed E-state index contributed by atoms with van der Waals surface area (Å²) in [6.45, 7) is 3.58. The van der Waals surface area contributed by atoms with E-state index in [4.69, 9.17) is 5.73 Å². The molecular weight excluding hydrogens is 300 g/mol. The molecule has 1 atom stereocenters. The van der Waals surface area contributed by atoms with E-state index in [9.17, 15) is 13.2 Å². The van der Waals surface area contributed by atoms with Crippen LogP contribution in [0.3, 0.4) is 0 Å². The Labute approximate surface area is 125 Å². The molecule has 1 fully saturated rings. The zero-order valence-electron chi connectivity index (χ0n) is 11.5. The van der Waals surface area contributed by atoms with E-state index in [0.717, 1.165) is 5.56 Å². The van der Waals surface area contributed by atoms with Gasteiger partial charge in [0, 0.05) is 11.3 Å². The molecule has 3 N–H and O–H groups in total. The van der Waals surface area contributed by atoms with Crippen molar-refractivity contribution in [1.29, 1.82) is 0 Å². The summed E-state index contributed by atoms with van der Waals surface area (Å²) in [6.07, 6.45) is 0.447. The molecule has 1 aliphatic heterocycles. The number of hydrogen-bond acceptors (Lipinski definition) is 4. The van der Waals surface area contributed by atoms with Gasteiger partial charge in [-0.3, -0.25) is 4.79 Å². The molecule has 1 heterocycles. The van der Waals surface area contributed by atoms with Crippen LogP contribution < -0.4 is 11.1 Å². The van der Waals surface area contributed by atoms with Gasteiger partial charge >= 0.3 is 0 Å². The fourth-order valence-corrected chi connectivity index (χ4v) is 4.43. The van der Waals surface area contributed by atoms with Crippen LogP contribution in [0.4, 0.5) is 5.69 Å². The van der Waals surface area contributed by atoms with Crippen molar-refractivity contribution in [1.82, 2.24) is 5.32 Å². The van der Waals surface area contributed by atoms with E-state index in [-0.39, 0.29) is 29.8 Å². The second-order valence-corrected chi connectivity index (χ2v) is 7.62. The third-order valence-corrected chi connectivity index (χ3v) is 5.33. The van der Waals surface area contributed by atoms with Crippen molar-refractivity contribution in [2.24, 2.45) is 0 Å². The predicted molar refractivity (Wildman–Crippen MR) is 82.0 cm³/mol. The molecule has 112 valence electrons. The molecule has 0 saturated carbocycles. The predicted octanol–water partition coefficient (Wildman–Crippen LogP) is 1.31. The summed E-state index contributed by atoms with van der Waals surface area (Å²) >= 11 is 0. The van der Waals surface area contributed by atoms with Crippen LogP contribution in [0.1, 0.15) is 29.3 Å². The largest absolute Gasteiger partial charge is 0.399 e. The SMILES string of the molecule is Cc1ccc(N)cc1C(=O)NC1(C)CCS(=O)(=O)C1.Cl. The number of sulfone groups is 1. The van der Waals surface area contributed by atoms with E-state index >= 15 is 0 Å². The maximum absolute atomic E-state index is 12.2. The van der Waals surface area contributed by atoms with Gasteiger partial charge in [0.05, 0.1) is 17.0 Å². The van der Waals surface area contributed by atoms with Crippen molar-refractivity contribution in [3.8, 4) is 0 Å². The number of rotatable bonds is 2.